The van der Waals surface area contributed by atoms with Crippen molar-refractivity contribution in [3.63, 3.8) is 0 Å². The predicted molar refractivity (Wildman–Crippen MR) is 68.1 cm³/mol. The lowest BCUT2D eigenvalue weighted by atomic mass is 9.84. The average molecular weight is 240 g/mol. The largest absolute Gasteiger partial charge is 0.308 e. The highest BCUT2D eigenvalue weighted by atomic mass is 35.5. The lowest BCUT2D eigenvalue weighted by molar-refractivity contribution is 0.0797. The smallest absolute Gasteiger partial charge is 0.169 e. The van der Waals surface area contributed by atoms with Crippen LogP contribution in [-0.2, 0) is 0 Å². The third-order valence-corrected chi connectivity index (χ3v) is 2.68. The first-order valence-electron chi connectivity index (χ1n) is 5.28. The maximum atomic E-state index is 12.2. The Morgan fingerprint density at radius 2 is 1.75 bits per heavy atom. The van der Waals surface area contributed by atoms with Crippen molar-refractivity contribution in [3.05, 3.63) is 34.9 Å². The second kappa shape index (κ2) is 4.98. The van der Waals surface area contributed by atoms with Gasteiger partial charge in [0.1, 0.15) is 0 Å². The second-order valence-electron chi connectivity index (χ2n) is 4.96. The van der Waals surface area contributed by atoms with Crippen LogP contribution in [0.4, 0.5) is 0 Å². The minimum atomic E-state index is -0.378. The Labute approximate surface area is 102 Å². The summed E-state index contributed by atoms with van der Waals surface area (Å²) in [4.78, 5) is 14.3. The van der Waals surface area contributed by atoms with Crippen molar-refractivity contribution in [1.82, 2.24) is 4.90 Å². The van der Waals surface area contributed by atoms with Crippen molar-refractivity contribution in [2.24, 2.45) is 5.41 Å². The number of rotatable bonds is 4. The number of hydrogen-bond acceptors (Lipinski definition) is 2. The maximum absolute atomic E-state index is 12.2. The summed E-state index contributed by atoms with van der Waals surface area (Å²) < 4.78 is 0. The Kier molecular flexibility index (Phi) is 4.11. The summed E-state index contributed by atoms with van der Waals surface area (Å²) in [6.45, 7) is 4.66. The van der Waals surface area contributed by atoms with Gasteiger partial charge in [0.05, 0.1) is 0 Å². The summed E-state index contributed by atoms with van der Waals surface area (Å²) in [7, 11) is 3.94. The van der Waals surface area contributed by atoms with E-state index in [2.05, 4.69) is 0 Å². The summed E-state index contributed by atoms with van der Waals surface area (Å²) in [5.41, 5.74) is 0.341. The van der Waals surface area contributed by atoms with E-state index in [4.69, 9.17) is 11.6 Å². The third kappa shape index (κ3) is 3.32. The molecule has 0 atom stereocenters. The van der Waals surface area contributed by atoms with Crippen molar-refractivity contribution < 1.29 is 4.79 Å². The molecule has 0 radical (unpaired) electrons. The monoisotopic (exact) mass is 239 g/mol. The van der Waals surface area contributed by atoms with Crippen LogP contribution in [0.1, 0.15) is 24.2 Å². The van der Waals surface area contributed by atoms with Gasteiger partial charge in [-0.05, 0) is 38.4 Å². The number of ketones is 1. The Bertz CT molecular complexity index is 368. The minimum Gasteiger partial charge on any atom is -0.308 e. The van der Waals surface area contributed by atoms with Gasteiger partial charge in [-0.25, -0.2) is 0 Å². The highest BCUT2D eigenvalue weighted by molar-refractivity contribution is 6.30. The van der Waals surface area contributed by atoms with Crippen LogP contribution >= 0.6 is 11.6 Å². The average Bonchev–Trinajstić information content (AvgIpc) is 2.16. The van der Waals surface area contributed by atoms with Crippen LogP contribution in [0.3, 0.4) is 0 Å². The van der Waals surface area contributed by atoms with Crippen molar-refractivity contribution in [2.45, 2.75) is 13.8 Å². The summed E-state index contributed by atoms with van der Waals surface area (Å²) in [5, 5.41) is 0.655. The molecular weight excluding hydrogens is 222 g/mol. The number of Topliss-reactive ketones (excluding diaryl/α,β-unsaturated/α-hetero) is 1. The Morgan fingerprint density at radius 1 is 1.25 bits per heavy atom. The zero-order chi connectivity index (χ0) is 12.3. The van der Waals surface area contributed by atoms with Gasteiger partial charge in [-0.3, -0.25) is 4.79 Å². The van der Waals surface area contributed by atoms with Crippen molar-refractivity contribution in [2.75, 3.05) is 20.6 Å². The van der Waals surface area contributed by atoms with Gasteiger partial charge in [-0.15, -0.1) is 0 Å². The molecule has 1 aromatic carbocycles. The van der Waals surface area contributed by atoms with E-state index < -0.39 is 0 Å². The number of hydrogen-bond donors (Lipinski definition) is 0. The molecule has 0 N–H and O–H groups in total. The molecule has 0 aromatic heterocycles. The molecule has 0 aliphatic rings. The van der Waals surface area contributed by atoms with Gasteiger partial charge in [0.25, 0.3) is 0 Å². The molecule has 0 heterocycles. The molecule has 0 saturated heterocycles. The van der Waals surface area contributed by atoms with Crippen LogP contribution < -0.4 is 0 Å². The van der Waals surface area contributed by atoms with Gasteiger partial charge < -0.3 is 4.90 Å². The van der Waals surface area contributed by atoms with E-state index in [0.29, 0.717) is 5.02 Å². The van der Waals surface area contributed by atoms with E-state index in [-0.39, 0.29) is 11.2 Å². The normalized spacial score (nSPS) is 11.9. The standard InChI is InChI=1S/C13H18ClNO/c1-13(2,9-15(3)4)12(16)10-5-7-11(14)8-6-10/h5-8H,9H2,1-4H3. The molecule has 1 aromatic rings. The molecule has 1 rings (SSSR count). The van der Waals surface area contributed by atoms with Gasteiger partial charge in [-0.2, -0.15) is 0 Å². The molecule has 0 bridgehead atoms. The van der Waals surface area contributed by atoms with Crippen LogP contribution in [0.2, 0.25) is 5.02 Å². The molecule has 2 nitrogen and oxygen atoms in total. The molecule has 0 unspecified atom stereocenters. The minimum absolute atomic E-state index is 0.151. The fraction of sp³-hybridized carbons (Fsp3) is 0.462. The Balaban J connectivity index is 2.88. The van der Waals surface area contributed by atoms with E-state index in [9.17, 15) is 4.79 Å². The molecule has 0 aliphatic carbocycles. The van der Waals surface area contributed by atoms with Crippen LogP contribution in [0.15, 0.2) is 24.3 Å². The fourth-order valence-corrected chi connectivity index (χ4v) is 1.98. The van der Waals surface area contributed by atoms with Gasteiger partial charge in [0, 0.05) is 22.5 Å². The zero-order valence-corrected chi connectivity index (χ0v) is 11.0. The lowest BCUT2D eigenvalue weighted by Gasteiger charge is -2.26. The summed E-state index contributed by atoms with van der Waals surface area (Å²) in [6.07, 6.45) is 0. The number of halogens is 1. The van der Waals surface area contributed by atoms with Gasteiger partial charge >= 0.3 is 0 Å². The van der Waals surface area contributed by atoms with Gasteiger partial charge in [-0.1, -0.05) is 25.4 Å². The molecular formula is C13H18ClNO. The molecule has 0 saturated carbocycles. The van der Waals surface area contributed by atoms with E-state index in [1.165, 1.54) is 0 Å². The topological polar surface area (TPSA) is 20.3 Å². The van der Waals surface area contributed by atoms with E-state index >= 15 is 0 Å². The van der Waals surface area contributed by atoms with E-state index in [1.54, 1.807) is 24.3 Å². The summed E-state index contributed by atoms with van der Waals surface area (Å²) >= 11 is 5.80. The van der Waals surface area contributed by atoms with E-state index in [0.717, 1.165) is 12.1 Å². The van der Waals surface area contributed by atoms with Crippen molar-refractivity contribution in [3.8, 4) is 0 Å². The fourth-order valence-electron chi connectivity index (χ4n) is 1.85. The van der Waals surface area contributed by atoms with Gasteiger partial charge in [0.15, 0.2) is 5.78 Å². The molecule has 0 amide bonds. The zero-order valence-electron chi connectivity index (χ0n) is 10.2. The molecule has 0 aliphatic heterocycles. The SMILES string of the molecule is CN(C)CC(C)(C)C(=O)c1ccc(Cl)cc1. The van der Waals surface area contributed by atoms with Crippen LogP contribution in [-0.4, -0.2) is 31.3 Å². The summed E-state index contributed by atoms with van der Waals surface area (Å²) in [6, 6.07) is 7.06. The lowest BCUT2D eigenvalue weighted by Crippen LogP contribution is -2.35. The highest BCUT2D eigenvalue weighted by Gasteiger charge is 2.28. The first-order valence-corrected chi connectivity index (χ1v) is 5.66. The predicted octanol–water partition coefficient (Wildman–Crippen LogP) is 3.11. The van der Waals surface area contributed by atoms with Crippen molar-refractivity contribution in [1.29, 1.82) is 0 Å². The van der Waals surface area contributed by atoms with Gasteiger partial charge in [0.2, 0.25) is 0 Å². The number of carbonyl (C=O) groups excluding carboxylic acids is 1. The Hall–Kier alpha value is -0.860. The molecule has 0 spiro atoms. The quantitative estimate of drug-likeness (QED) is 0.753. The maximum Gasteiger partial charge on any atom is 0.169 e. The number of carbonyl (C=O) groups is 1. The first-order chi connectivity index (χ1) is 7.33. The molecule has 88 valence electrons. The Morgan fingerprint density at radius 3 is 2.19 bits per heavy atom. The third-order valence-electron chi connectivity index (χ3n) is 2.43. The van der Waals surface area contributed by atoms with Crippen molar-refractivity contribution >= 4 is 17.4 Å². The molecule has 16 heavy (non-hydrogen) atoms. The number of benzene rings is 1. The summed E-state index contributed by atoms with van der Waals surface area (Å²) in [5.74, 6) is 0.151. The molecule has 0 fully saturated rings. The second-order valence-corrected chi connectivity index (χ2v) is 5.39. The van der Waals surface area contributed by atoms with Crippen LogP contribution in [0, 0.1) is 5.41 Å². The van der Waals surface area contributed by atoms with E-state index in [1.807, 2.05) is 32.8 Å². The van der Waals surface area contributed by atoms with Crippen LogP contribution in [0.25, 0.3) is 0 Å². The van der Waals surface area contributed by atoms with Crippen LogP contribution in [0.5, 0.6) is 0 Å². The highest BCUT2D eigenvalue weighted by Crippen LogP contribution is 2.23. The first kappa shape index (κ1) is 13.2. The molecule has 3 heteroatoms. The number of nitrogens with zero attached hydrogens (tertiary/aromatic N) is 1.